The standard InChI is InChI=1S/C20H30/c1-17(11-7-13-14(8-11)19(13,17)3)5-6-18(2)12-9-15-16(10-12)20(15,18)4/h11-16H,5-10H2,1-4H3/t11?,12?,13-,14+,15-,16+,17-,18-,19?,20?/m0/s1. The van der Waals surface area contributed by atoms with Crippen LogP contribution in [0.3, 0.4) is 0 Å². The Balaban J connectivity index is 1.30. The number of hydrogen-bond acceptors (Lipinski definition) is 0. The van der Waals surface area contributed by atoms with Crippen molar-refractivity contribution in [1.82, 2.24) is 0 Å². The van der Waals surface area contributed by atoms with E-state index in [0.29, 0.717) is 0 Å². The summed E-state index contributed by atoms with van der Waals surface area (Å²) in [5, 5.41) is 0. The molecule has 8 aliphatic rings. The highest BCUT2D eigenvalue weighted by molar-refractivity contribution is 5.31. The molecule has 0 aliphatic heterocycles. The van der Waals surface area contributed by atoms with E-state index in [2.05, 4.69) is 27.7 Å². The Kier molecular flexibility index (Phi) is 1.54. The molecule has 0 saturated heterocycles. The number of hydrogen-bond donors (Lipinski definition) is 0. The fraction of sp³-hybridized carbons (Fsp3) is 1.00. The van der Waals surface area contributed by atoms with E-state index >= 15 is 0 Å². The molecule has 0 amide bonds. The van der Waals surface area contributed by atoms with Crippen LogP contribution >= 0.6 is 0 Å². The third-order valence-electron chi connectivity index (χ3n) is 11.4. The fourth-order valence-corrected chi connectivity index (χ4v) is 9.53. The highest BCUT2D eigenvalue weighted by Crippen LogP contribution is 2.90. The highest BCUT2D eigenvalue weighted by atomic mass is 14.9. The Morgan fingerprint density at radius 3 is 1.10 bits per heavy atom. The summed E-state index contributed by atoms with van der Waals surface area (Å²) in [5.41, 5.74) is 3.00. The first-order chi connectivity index (χ1) is 9.37. The molecule has 0 heterocycles. The third kappa shape index (κ3) is 0.793. The molecule has 0 aromatic carbocycles. The van der Waals surface area contributed by atoms with E-state index in [4.69, 9.17) is 0 Å². The van der Waals surface area contributed by atoms with Crippen molar-refractivity contribution in [1.29, 1.82) is 0 Å². The molecule has 8 aliphatic carbocycles. The maximum absolute atomic E-state index is 2.69. The van der Waals surface area contributed by atoms with Gasteiger partial charge in [-0.3, -0.25) is 0 Å². The summed E-state index contributed by atoms with van der Waals surface area (Å²) in [6.45, 7) is 10.7. The second kappa shape index (κ2) is 2.67. The Morgan fingerprint density at radius 1 is 0.600 bits per heavy atom. The summed E-state index contributed by atoms with van der Waals surface area (Å²) in [6.07, 6.45) is 9.51. The minimum Gasteiger partial charge on any atom is -0.0588 e. The molecule has 0 nitrogen and oxygen atoms in total. The van der Waals surface area contributed by atoms with Crippen LogP contribution in [-0.4, -0.2) is 0 Å². The van der Waals surface area contributed by atoms with Crippen LogP contribution in [0.1, 0.15) is 66.2 Å². The summed E-state index contributed by atoms with van der Waals surface area (Å²) >= 11 is 0. The Hall–Kier alpha value is 0. The van der Waals surface area contributed by atoms with E-state index in [0.717, 1.165) is 57.2 Å². The lowest BCUT2D eigenvalue weighted by Crippen LogP contribution is -2.33. The maximum Gasteiger partial charge on any atom is -0.0207 e. The van der Waals surface area contributed by atoms with Crippen molar-refractivity contribution >= 4 is 0 Å². The molecule has 10 atom stereocenters. The minimum atomic E-state index is 0.721. The van der Waals surface area contributed by atoms with E-state index in [-0.39, 0.29) is 0 Å². The Bertz CT molecular complexity index is 460. The largest absolute Gasteiger partial charge is 0.0588 e. The predicted molar refractivity (Wildman–Crippen MR) is 81.1 cm³/mol. The van der Waals surface area contributed by atoms with E-state index < -0.39 is 0 Å². The first kappa shape index (κ1) is 11.6. The van der Waals surface area contributed by atoms with Crippen LogP contribution < -0.4 is 0 Å². The van der Waals surface area contributed by atoms with Crippen molar-refractivity contribution in [3.8, 4) is 0 Å². The molecule has 8 rings (SSSR count). The van der Waals surface area contributed by atoms with Crippen molar-refractivity contribution in [3.63, 3.8) is 0 Å². The summed E-state index contributed by atoms with van der Waals surface area (Å²) in [5.74, 6) is 6.79. The topological polar surface area (TPSA) is 0 Å². The lowest BCUT2D eigenvalue weighted by atomic mass is 9.64. The molecule has 8 fully saturated rings. The summed E-state index contributed by atoms with van der Waals surface area (Å²) < 4.78 is 0. The van der Waals surface area contributed by atoms with Gasteiger partial charge in [-0.2, -0.15) is 0 Å². The van der Waals surface area contributed by atoms with Gasteiger partial charge in [-0.15, -0.1) is 0 Å². The Morgan fingerprint density at radius 2 is 0.900 bits per heavy atom. The normalized spacial score (nSPS) is 77.4. The van der Waals surface area contributed by atoms with Crippen LogP contribution in [0.2, 0.25) is 0 Å². The van der Waals surface area contributed by atoms with Crippen LogP contribution in [0, 0.1) is 57.2 Å². The molecular weight excluding hydrogens is 240 g/mol. The molecule has 4 unspecified atom stereocenters. The van der Waals surface area contributed by atoms with Gasteiger partial charge >= 0.3 is 0 Å². The molecule has 110 valence electrons. The van der Waals surface area contributed by atoms with E-state index in [1.165, 1.54) is 0 Å². The van der Waals surface area contributed by atoms with Crippen molar-refractivity contribution in [2.24, 2.45) is 57.2 Å². The van der Waals surface area contributed by atoms with Crippen molar-refractivity contribution in [2.75, 3.05) is 0 Å². The average Bonchev–Trinajstić information content (AvgIpc) is 2.95. The van der Waals surface area contributed by atoms with Crippen molar-refractivity contribution < 1.29 is 0 Å². The average molecular weight is 270 g/mol. The molecule has 0 heteroatoms. The molecular formula is C20H30. The van der Waals surface area contributed by atoms with Crippen LogP contribution in [-0.2, 0) is 0 Å². The third-order valence-corrected chi connectivity index (χ3v) is 11.4. The molecule has 0 aromatic heterocycles. The van der Waals surface area contributed by atoms with Crippen molar-refractivity contribution in [2.45, 2.75) is 66.2 Å². The maximum atomic E-state index is 2.69. The first-order valence-electron chi connectivity index (χ1n) is 9.37. The van der Waals surface area contributed by atoms with Crippen molar-refractivity contribution in [3.05, 3.63) is 0 Å². The van der Waals surface area contributed by atoms with Gasteiger partial charge in [0.15, 0.2) is 0 Å². The quantitative estimate of drug-likeness (QED) is 0.667. The molecule has 8 bridgehead atoms. The predicted octanol–water partition coefficient (Wildman–Crippen LogP) is 5.13. The van der Waals surface area contributed by atoms with Gasteiger partial charge in [-0.25, -0.2) is 0 Å². The van der Waals surface area contributed by atoms with Crippen LogP contribution in [0.4, 0.5) is 0 Å². The van der Waals surface area contributed by atoms with E-state index in [1.807, 2.05) is 0 Å². The first-order valence-corrected chi connectivity index (χ1v) is 9.37. The van der Waals surface area contributed by atoms with Gasteiger partial charge in [-0.1, -0.05) is 27.7 Å². The van der Waals surface area contributed by atoms with Gasteiger partial charge in [0.05, 0.1) is 0 Å². The SMILES string of the molecule is CC12[C@@H]3CC(C[C@@H]31)[C@]2(C)CC[C@@]1(C)C2C[C@@H]3[C@H](C2)C31C. The van der Waals surface area contributed by atoms with Gasteiger partial charge < -0.3 is 0 Å². The van der Waals surface area contributed by atoms with E-state index in [9.17, 15) is 0 Å². The minimum absolute atomic E-state index is 0.721. The van der Waals surface area contributed by atoms with Gasteiger partial charge in [0, 0.05) is 0 Å². The molecule has 8 saturated carbocycles. The Labute approximate surface area is 124 Å². The molecule has 0 spiro atoms. The summed E-state index contributed by atoms with van der Waals surface area (Å²) in [7, 11) is 0. The number of rotatable bonds is 3. The monoisotopic (exact) mass is 270 g/mol. The van der Waals surface area contributed by atoms with Gasteiger partial charge in [-0.05, 0) is 95.7 Å². The van der Waals surface area contributed by atoms with Gasteiger partial charge in [0.1, 0.15) is 0 Å². The summed E-state index contributed by atoms with van der Waals surface area (Å²) in [4.78, 5) is 0. The van der Waals surface area contributed by atoms with Gasteiger partial charge in [0.2, 0.25) is 0 Å². The smallest absolute Gasteiger partial charge is 0.0207 e. The second-order valence-electron chi connectivity index (χ2n) is 10.7. The zero-order chi connectivity index (χ0) is 13.7. The lowest BCUT2D eigenvalue weighted by molar-refractivity contribution is 0.0799. The van der Waals surface area contributed by atoms with Crippen LogP contribution in [0.5, 0.6) is 0 Å². The fourth-order valence-electron chi connectivity index (χ4n) is 9.53. The highest BCUT2D eigenvalue weighted by Gasteiger charge is 2.83. The van der Waals surface area contributed by atoms with Gasteiger partial charge in [0.25, 0.3) is 0 Å². The summed E-state index contributed by atoms with van der Waals surface area (Å²) in [6, 6.07) is 0. The van der Waals surface area contributed by atoms with E-state index in [1.54, 1.807) is 38.5 Å². The molecule has 0 N–H and O–H groups in total. The lowest BCUT2D eigenvalue weighted by Gasteiger charge is -2.41. The van der Waals surface area contributed by atoms with Crippen LogP contribution in [0.25, 0.3) is 0 Å². The molecule has 20 heavy (non-hydrogen) atoms. The molecule has 0 aromatic rings. The van der Waals surface area contributed by atoms with Crippen LogP contribution in [0.15, 0.2) is 0 Å². The second-order valence-corrected chi connectivity index (χ2v) is 10.7. The molecule has 0 radical (unpaired) electrons. The zero-order valence-corrected chi connectivity index (χ0v) is 13.7. The zero-order valence-electron chi connectivity index (χ0n) is 13.7.